The first-order valence-corrected chi connectivity index (χ1v) is 10.5. The van der Waals surface area contributed by atoms with Gasteiger partial charge in [0.25, 0.3) is 0 Å². The van der Waals surface area contributed by atoms with E-state index in [0.29, 0.717) is 22.6 Å². The lowest BCUT2D eigenvalue weighted by atomic mass is 10.1. The molecule has 1 atom stereocenters. The van der Waals surface area contributed by atoms with Gasteiger partial charge in [-0.05, 0) is 68.6 Å². The van der Waals surface area contributed by atoms with E-state index in [2.05, 4.69) is 0 Å². The highest BCUT2D eigenvalue weighted by Crippen LogP contribution is 2.27. The lowest BCUT2D eigenvalue weighted by Crippen LogP contribution is -2.32. The van der Waals surface area contributed by atoms with E-state index in [1.165, 1.54) is 38.5 Å². The molecular weight excluding hydrogens is 454 g/mol. The zero-order valence-corrected chi connectivity index (χ0v) is 20.4. The maximum atomic E-state index is 11.9. The van der Waals surface area contributed by atoms with E-state index in [-0.39, 0.29) is 35.5 Å². The van der Waals surface area contributed by atoms with Crippen LogP contribution >= 0.6 is 0 Å². The average Bonchev–Trinajstić information content (AvgIpc) is 2.82. The van der Waals surface area contributed by atoms with E-state index in [1.54, 1.807) is 62.3 Å². The van der Waals surface area contributed by atoms with Gasteiger partial charge in [0.05, 0.1) is 20.6 Å². The number of aliphatic carboxylic acids is 1. The Balaban J connectivity index is 0.000000658. The zero-order chi connectivity index (χ0) is 26.5. The molecule has 0 radical (unpaired) electrons. The Morgan fingerprint density at radius 1 is 0.857 bits per heavy atom. The number of carbonyl (C=O) groups is 3. The summed E-state index contributed by atoms with van der Waals surface area (Å²) in [7, 11) is 6.34. The van der Waals surface area contributed by atoms with Gasteiger partial charge in [-0.2, -0.15) is 0 Å². The summed E-state index contributed by atoms with van der Waals surface area (Å²) in [4.78, 5) is 35.6. The second-order valence-electron chi connectivity index (χ2n) is 7.62. The number of hydrogen-bond acceptors (Lipinski definition) is 8. The second-order valence-corrected chi connectivity index (χ2v) is 7.62. The third kappa shape index (κ3) is 10.1. The SMILES string of the molecule is CC(C(=O)O)N(C)C.COc1cc(C=CC(=O)CC(=O)C=Cc2ccc(O)c(OC)c2)ccc1O. The summed E-state index contributed by atoms with van der Waals surface area (Å²) in [6.45, 7) is 1.64. The number of nitrogens with zero attached hydrogens (tertiary/aromatic N) is 1. The minimum atomic E-state index is -0.782. The van der Waals surface area contributed by atoms with Crippen molar-refractivity contribution in [2.45, 2.75) is 19.4 Å². The van der Waals surface area contributed by atoms with Gasteiger partial charge in [-0.3, -0.25) is 19.3 Å². The molecule has 35 heavy (non-hydrogen) atoms. The van der Waals surface area contributed by atoms with Crippen LogP contribution in [0.5, 0.6) is 23.0 Å². The molecule has 2 aromatic rings. The van der Waals surface area contributed by atoms with Gasteiger partial charge in [0, 0.05) is 0 Å². The Bertz CT molecular complexity index is 1020. The molecule has 0 spiro atoms. The molecule has 0 heterocycles. The number of benzene rings is 2. The van der Waals surface area contributed by atoms with Crippen molar-refractivity contribution in [3.8, 4) is 23.0 Å². The molecule has 1 unspecified atom stereocenters. The van der Waals surface area contributed by atoms with Crippen molar-refractivity contribution in [2.24, 2.45) is 0 Å². The minimum absolute atomic E-state index is 0.00662. The molecule has 9 heteroatoms. The molecule has 0 fully saturated rings. The molecule has 0 aliphatic rings. The van der Waals surface area contributed by atoms with Gasteiger partial charge >= 0.3 is 5.97 Å². The van der Waals surface area contributed by atoms with E-state index < -0.39 is 5.97 Å². The maximum absolute atomic E-state index is 11.9. The standard InChI is InChI=1S/C21H20O6.C5H11NO2/c1-26-20-11-14(5-9-18(20)24)3-7-16(22)13-17(23)8-4-15-6-10-19(25)21(12-15)27-2;1-4(5(7)8)6(2)3/h3-12,24-25H,13H2,1-2H3;4H,1-3H3,(H,7,8). The van der Waals surface area contributed by atoms with Crippen molar-refractivity contribution < 1.29 is 39.2 Å². The second kappa shape index (κ2) is 14.2. The van der Waals surface area contributed by atoms with Crippen molar-refractivity contribution in [1.82, 2.24) is 4.90 Å². The van der Waals surface area contributed by atoms with Gasteiger partial charge in [0.15, 0.2) is 34.6 Å². The Hall–Kier alpha value is -4.11. The van der Waals surface area contributed by atoms with Crippen LogP contribution in [0.25, 0.3) is 12.2 Å². The highest BCUT2D eigenvalue weighted by molar-refractivity contribution is 6.10. The number of allylic oxidation sites excluding steroid dienone is 2. The van der Waals surface area contributed by atoms with Gasteiger partial charge in [0.1, 0.15) is 6.04 Å². The summed E-state index contributed by atoms with van der Waals surface area (Å²) in [5.74, 6) is -0.866. The predicted molar refractivity (Wildman–Crippen MR) is 133 cm³/mol. The Kier molecular flexibility index (Phi) is 11.7. The Labute approximate surface area is 204 Å². The first-order chi connectivity index (χ1) is 16.5. The number of carboxylic acids is 1. The summed E-state index contributed by atoms with van der Waals surface area (Å²) in [6, 6.07) is 8.96. The normalized spacial score (nSPS) is 11.7. The van der Waals surface area contributed by atoms with E-state index >= 15 is 0 Å². The van der Waals surface area contributed by atoms with Crippen molar-refractivity contribution in [3.05, 3.63) is 59.7 Å². The number of phenolic OH excluding ortho intramolecular Hbond substituents is 2. The van der Waals surface area contributed by atoms with Crippen LogP contribution in [-0.2, 0) is 14.4 Å². The topological polar surface area (TPSA) is 134 Å². The van der Waals surface area contributed by atoms with E-state index in [4.69, 9.17) is 14.6 Å². The number of rotatable bonds is 10. The summed E-state index contributed by atoms with van der Waals surface area (Å²) < 4.78 is 10.00. The number of carbonyl (C=O) groups excluding carboxylic acids is 2. The molecule has 9 nitrogen and oxygen atoms in total. The number of hydrogen-bond donors (Lipinski definition) is 3. The quantitative estimate of drug-likeness (QED) is 0.342. The zero-order valence-electron chi connectivity index (χ0n) is 20.4. The molecule has 188 valence electrons. The summed E-state index contributed by atoms with van der Waals surface area (Å²) in [6.07, 6.45) is 5.44. The van der Waals surface area contributed by atoms with Crippen molar-refractivity contribution in [3.63, 3.8) is 0 Å². The molecular formula is C26H31NO8. The molecule has 0 aromatic heterocycles. The highest BCUT2D eigenvalue weighted by atomic mass is 16.5. The van der Waals surface area contributed by atoms with Crippen LogP contribution in [-0.4, -0.2) is 72.1 Å². The minimum Gasteiger partial charge on any atom is -0.504 e. The molecule has 0 aliphatic heterocycles. The van der Waals surface area contributed by atoms with Crippen molar-refractivity contribution >= 4 is 29.7 Å². The smallest absolute Gasteiger partial charge is 0.320 e. The lowest BCUT2D eigenvalue weighted by molar-refractivity contribution is -0.141. The average molecular weight is 486 g/mol. The number of aromatic hydroxyl groups is 2. The molecule has 2 rings (SSSR count). The van der Waals surface area contributed by atoms with Crippen LogP contribution in [0.2, 0.25) is 0 Å². The van der Waals surface area contributed by atoms with Gasteiger partial charge in [-0.15, -0.1) is 0 Å². The molecule has 0 aliphatic carbocycles. The van der Waals surface area contributed by atoms with Gasteiger partial charge in [-0.1, -0.05) is 24.3 Å². The Morgan fingerprint density at radius 2 is 1.26 bits per heavy atom. The van der Waals surface area contributed by atoms with Crippen molar-refractivity contribution in [2.75, 3.05) is 28.3 Å². The monoisotopic (exact) mass is 485 g/mol. The van der Waals surface area contributed by atoms with E-state index in [0.717, 1.165) is 0 Å². The van der Waals surface area contributed by atoms with Crippen molar-refractivity contribution in [1.29, 1.82) is 0 Å². The Morgan fingerprint density at radius 3 is 1.54 bits per heavy atom. The molecule has 3 N–H and O–H groups in total. The molecule has 2 aromatic carbocycles. The maximum Gasteiger partial charge on any atom is 0.320 e. The van der Waals surface area contributed by atoms with Crippen LogP contribution in [0.1, 0.15) is 24.5 Å². The first kappa shape index (κ1) is 28.9. The number of phenols is 2. The fourth-order valence-electron chi connectivity index (χ4n) is 2.48. The van der Waals surface area contributed by atoms with Crippen LogP contribution in [0, 0.1) is 0 Å². The molecule has 0 saturated carbocycles. The molecule has 0 saturated heterocycles. The number of carboxylic acid groups (broad SMARTS) is 1. The number of likely N-dealkylation sites (N-methyl/N-ethyl adjacent to an activating group) is 1. The van der Waals surface area contributed by atoms with Gasteiger partial charge < -0.3 is 24.8 Å². The largest absolute Gasteiger partial charge is 0.504 e. The van der Waals surface area contributed by atoms with Gasteiger partial charge in [-0.25, -0.2) is 0 Å². The van der Waals surface area contributed by atoms with Crippen LogP contribution in [0.4, 0.5) is 0 Å². The number of methoxy groups -OCH3 is 2. The highest BCUT2D eigenvalue weighted by Gasteiger charge is 2.11. The van der Waals surface area contributed by atoms with Crippen LogP contribution in [0.15, 0.2) is 48.6 Å². The third-order valence-corrected chi connectivity index (χ3v) is 4.81. The molecule has 0 amide bonds. The summed E-state index contributed by atoms with van der Waals surface area (Å²) >= 11 is 0. The van der Waals surface area contributed by atoms with E-state index in [1.807, 2.05) is 0 Å². The van der Waals surface area contributed by atoms with Gasteiger partial charge in [0.2, 0.25) is 0 Å². The molecule has 0 bridgehead atoms. The first-order valence-electron chi connectivity index (χ1n) is 10.5. The number of ether oxygens (including phenoxy) is 2. The van der Waals surface area contributed by atoms with Crippen LogP contribution in [0.3, 0.4) is 0 Å². The fourth-order valence-corrected chi connectivity index (χ4v) is 2.48. The third-order valence-electron chi connectivity index (χ3n) is 4.81. The predicted octanol–water partition coefficient (Wildman–Crippen LogP) is 3.39. The van der Waals surface area contributed by atoms with Crippen LogP contribution < -0.4 is 9.47 Å². The number of ketones is 2. The fraction of sp³-hybridized carbons (Fsp3) is 0.269. The summed E-state index contributed by atoms with van der Waals surface area (Å²) in [5, 5.41) is 27.4. The van der Waals surface area contributed by atoms with E-state index in [9.17, 15) is 24.6 Å². The lowest BCUT2D eigenvalue weighted by Gasteiger charge is -2.13. The summed E-state index contributed by atoms with van der Waals surface area (Å²) in [5.41, 5.74) is 1.33.